The van der Waals surface area contributed by atoms with Crippen LogP contribution in [0.1, 0.15) is 46.6 Å². The molecule has 0 aliphatic carbocycles. The van der Waals surface area contributed by atoms with Crippen molar-refractivity contribution >= 4 is 27.3 Å². The number of hydrogen-bond acceptors (Lipinski definition) is 4. The van der Waals surface area contributed by atoms with Crippen molar-refractivity contribution in [3.63, 3.8) is 0 Å². The topological polar surface area (TPSA) is 78.8 Å². The summed E-state index contributed by atoms with van der Waals surface area (Å²) in [7, 11) is -3.34. The van der Waals surface area contributed by atoms with Crippen molar-refractivity contribution in [2.45, 2.75) is 47.1 Å². The van der Waals surface area contributed by atoms with Crippen LogP contribution in [0.2, 0.25) is 0 Å². The standard InChI is InChI=1S/C23H31N3O3S/c1-8-10-16(3)19(9-2)21-15-20(24-26(21)22(27)23(4,5)6)17-11-13-18(14-12-17)25-30(7,28)29/h8-14,21,25H,1,15H2,2-7H3/b16-10-,19-9+. The normalized spacial score (nSPS) is 18.3. The van der Waals surface area contributed by atoms with Crippen LogP contribution in [0, 0.1) is 5.41 Å². The molecule has 6 nitrogen and oxygen atoms in total. The van der Waals surface area contributed by atoms with Gasteiger partial charge in [0.15, 0.2) is 0 Å². The van der Waals surface area contributed by atoms with Crippen molar-refractivity contribution in [3.05, 3.63) is 65.8 Å². The second kappa shape index (κ2) is 9.00. The summed E-state index contributed by atoms with van der Waals surface area (Å²) >= 11 is 0. The zero-order valence-corrected chi connectivity index (χ0v) is 19.4. The molecule has 1 aliphatic rings. The summed E-state index contributed by atoms with van der Waals surface area (Å²) in [6, 6.07) is 6.82. The lowest BCUT2D eigenvalue weighted by molar-refractivity contribution is -0.140. The van der Waals surface area contributed by atoms with E-state index < -0.39 is 15.4 Å². The van der Waals surface area contributed by atoms with Gasteiger partial charge in [-0.1, -0.05) is 57.7 Å². The molecule has 1 aromatic rings. The first-order valence-electron chi connectivity index (χ1n) is 9.82. The summed E-state index contributed by atoms with van der Waals surface area (Å²) in [5, 5.41) is 6.28. The molecule has 0 spiro atoms. The fourth-order valence-electron chi connectivity index (χ4n) is 3.36. The minimum atomic E-state index is -3.34. The average Bonchev–Trinajstić information content (AvgIpc) is 3.05. The highest BCUT2D eigenvalue weighted by Gasteiger charge is 2.38. The zero-order chi connectivity index (χ0) is 22.7. The van der Waals surface area contributed by atoms with E-state index in [4.69, 9.17) is 0 Å². The lowest BCUT2D eigenvalue weighted by atomic mass is 9.90. The maximum Gasteiger partial charge on any atom is 0.248 e. The van der Waals surface area contributed by atoms with Crippen LogP contribution in [0.4, 0.5) is 5.69 Å². The molecular formula is C23H31N3O3S. The van der Waals surface area contributed by atoms with Crippen LogP contribution >= 0.6 is 0 Å². The Morgan fingerprint density at radius 3 is 2.33 bits per heavy atom. The Morgan fingerprint density at radius 2 is 1.87 bits per heavy atom. The second-order valence-corrected chi connectivity index (χ2v) is 10.2. The van der Waals surface area contributed by atoms with Gasteiger partial charge in [-0.15, -0.1) is 0 Å². The maximum atomic E-state index is 13.1. The summed E-state index contributed by atoms with van der Waals surface area (Å²) in [5.74, 6) is -0.0522. The maximum absolute atomic E-state index is 13.1. The van der Waals surface area contributed by atoms with E-state index in [1.165, 1.54) is 0 Å². The van der Waals surface area contributed by atoms with E-state index in [0.29, 0.717) is 12.1 Å². The van der Waals surface area contributed by atoms with Crippen molar-refractivity contribution in [1.82, 2.24) is 5.01 Å². The van der Waals surface area contributed by atoms with Gasteiger partial charge in [-0.2, -0.15) is 5.10 Å². The van der Waals surface area contributed by atoms with Gasteiger partial charge in [0.25, 0.3) is 0 Å². The van der Waals surface area contributed by atoms with Crippen molar-refractivity contribution in [3.8, 4) is 0 Å². The lowest BCUT2D eigenvalue weighted by Gasteiger charge is -2.30. The van der Waals surface area contributed by atoms with Crippen LogP contribution in [-0.2, 0) is 14.8 Å². The highest BCUT2D eigenvalue weighted by atomic mass is 32.2. The Bertz CT molecular complexity index is 1010. The van der Waals surface area contributed by atoms with E-state index >= 15 is 0 Å². The minimum absolute atomic E-state index is 0.0522. The van der Waals surface area contributed by atoms with Crippen LogP contribution in [0.15, 0.2) is 65.3 Å². The number of carbonyl (C=O) groups is 1. The molecule has 1 atom stereocenters. The first-order valence-corrected chi connectivity index (χ1v) is 11.7. The summed E-state index contributed by atoms with van der Waals surface area (Å²) in [4.78, 5) is 13.1. The quantitative estimate of drug-likeness (QED) is 0.677. The average molecular weight is 430 g/mol. The number of benzene rings is 1. The van der Waals surface area contributed by atoms with Crippen molar-refractivity contribution in [2.75, 3.05) is 11.0 Å². The molecule has 1 unspecified atom stereocenters. The molecule has 1 aromatic carbocycles. The highest BCUT2D eigenvalue weighted by molar-refractivity contribution is 7.92. The predicted octanol–water partition coefficient (Wildman–Crippen LogP) is 4.49. The monoisotopic (exact) mass is 429 g/mol. The summed E-state index contributed by atoms with van der Waals surface area (Å²) in [5.41, 5.74) is 3.61. The molecule has 0 fully saturated rings. The molecule has 0 saturated heterocycles. The first-order chi connectivity index (χ1) is 13.9. The third kappa shape index (κ3) is 5.69. The fraction of sp³-hybridized carbons (Fsp3) is 0.391. The molecule has 1 aliphatic heterocycles. The van der Waals surface area contributed by atoms with Crippen molar-refractivity contribution < 1.29 is 13.2 Å². The highest BCUT2D eigenvalue weighted by Crippen LogP contribution is 2.33. The smallest absolute Gasteiger partial charge is 0.248 e. The molecule has 0 bridgehead atoms. The molecule has 30 heavy (non-hydrogen) atoms. The molecule has 7 heteroatoms. The second-order valence-electron chi connectivity index (χ2n) is 8.45. The van der Waals surface area contributed by atoms with E-state index in [-0.39, 0.29) is 11.9 Å². The molecule has 0 saturated carbocycles. The minimum Gasteiger partial charge on any atom is -0.284 e. The fourth-order valence-corrected chi connectivity index (χ4v) is 3.92. The largest absolute Gasteiger partial charge is 0.284 e. The van der Waals surface area contributed by atoms with Gasteiger partial charge < -0.3 is 0 Å². The number of anilines is 1. The summed E-state index contributed by atoms with van der Waals surface area (Å²) < 4.78 is 25.3. The third-order valence-electron chi connectivity index (χ3n) is 4.77. The van der Waals surface area contributed by atoms with Gasteiger partial charge in [-0.25, -0.2) is 13.4 Å². The van der Waals surface area contributed by atoms with E-state index in [1.807, 2.05) is 58.9 Å². The molecule has 1 heterocycles. The van der Waals surface area contributed by atoms with Crippen molar-refractivity contribution in [1.29, 1.82) is 0 Å². The number of nitrogens with zero attached hydrogens (tertiary/aromatic N) is 2. The van der Waals surface area contributed by atoms with Crippen LogP contribution < -0.4 is 4.72 Å². The zero-order valence-electron chi connectivity index (χ0n) is 18.6. The Labute approximate surface area is 180 Å². The van der Waals surface area contributed by atoms with Crippen LogP contribution in [0.5, 0.6) is 0 Å². The van der Waals surface area contributed by atoms with E-state index in [9.17, 15) is 13.2 Å². The van der Waals surface area contributed by atoms with Gasteiger partial charge in [0.2, 0.25) is 15.9 Å². The number of hydrazone groups is 1. The molecule has 0 aromatic heterocycles. The van der Waals surface area contributed by atoms with Crippen LogP contribution in [-0.4, -0.2) is 37.3 Å². The van der Waals surface area contributed by atoms with Gasteiger partial charge in [0, 0.05) is 17.5 Å². The van der Waals surface area contributed by atoms with Gasteiger partial charge >= 0.3 is 0 Å². The Hall–Kier alpha value is -2.67. The molecule has 1 amide bonds. The van der Waals surface area contributed by atoms with Crippen LogP contribution in [0.3, 0.4) is 0 Å². The Morgan fingerprint density at radius 1 is 1.27 bits per heavy atom. The molecule has 0 radical (unpaired) electrons. The Kier molecular flexibility index (Phi) is 7.08. The number of allylic oxidation sites excluding steroid dienone is 3. The molecule has 1 N–H and O–H groups in total. The van der Waals surface area contributed by atoms with Gasteiger partial charge in [-0.3, -0.25) is 9.52 Å². The summed E-state index contributed by atoms with van der Waals surface area (Å²) in [6.07, 6.45) is 7.36. The predicted molar refractivity (Wildman–Crippen MR) is 124 cm³/mol. The van der Waals surface area contributed by atoms with Gasteiger partial charge in [0.05, 0.1) is 18.0 Å². The number of carbonyl (C=O) groups excluding carboxylic acids is 1. The number of hydrogen-bond donors (Lipinski definition) is 1. The number of sulfonamides is 1. The summed E-state index contributed by atoms with van der Waals surface area (Å²) in [6.45, 7) is 13.4. The van der Waals surface area contributed by atoms with Gasteiger partial charge in [-0.05, 0) is 42.7 Å². The lowest BCUT2D eigenvalue weighted by Crippen LogP contribution is -2.41. The van der Waals surface area contributed by atoms with E-state index in [2.05, 4.69) is 16.4 Å². The number of nitrogens with one attached hydrogen (secondary N) is 1. The van der Waals surface area contributed by atoms with Crippen LogP contribution in [0.25, 0.3) is 0 Å². The van der Waals surface area contributed by atoms with E-state index in [1.54, 1.807) is 23.2 Å². The number of rotatable bonds is 6. The Balaban J connectivity index is 2.43. The van der Waals surface area contributed by atoms with Gasteiger partial charge in [0.1, 0.15) is 0 Å². The SMILES string of the molecule is C=C/C=C(C)\C(=C/C)C1CC(c2ccc(NS(C)(=O)=O)cc2)=NN1C(=O)C(C)(C)C. The molecule has 162 valence electrons. The first kappa shape index (κ1) is 23.6. The third-order valence-corrected chi connectivity index (χ3v) is 5.38. The van der Waals surface area contributed by atoms with E-state index in [0.717, 1.165) is 28.7 Å². The molecular weight excluding hydrogens is 398 g/mol. The number of amides is 1. The van der Waals surface area contributed by atoms with Crippen molar-refractivity contribution in [2.24, 2.45) is 10.5 Å². The molecule has 2 rings (SSSR count).